The predicted octanol–water partition coefficient (Wildman–Crippen LogP) is 3.65. The quantitative estimate of drug-likeness (QED) is 0.867. The van der Waals surface area contributed by atoms with Crippen LogP contribution in [0, 0.1) is 0 Å². The van der Waals surface area contributed by atoms with Crippen molar-refractivity contribution in [2.75, 3.05) is 5.32 Å². The Morgan fingerprint density at radius 3 is 2.81 bits per heavy atom. The van der Waals surface area contributed by atoms with Crippen molar-refractivity contribution in [2.45, 2.75) is 26.4 Å². The van der Waals surface area contributed by atoms with Crippen LogP contribution in [0.1, 0.15) is 31.1 Å². The van der Waals surface area contributed by atoms with Gasteiger partial charge in [0, 0.05) is 35.9 Å². The number of carbonyl (C=O) groups is 1. The lowest BCUT2D eigenvalue weighted by Crippen LogP contribution is -2.19. The third kappa shape index (κ3) is 4.95. The molecule has 1 atom stereocenters. The highest BCUT2D eigenvalue weighted by atomic mass is 79.9. The van der Waals surface area contributed by atoms with Crippen LogP contribution in [0.4, 0.5) is 5.69 Å². The maximum absolute atomic E-state index is 11.1. The van der Waals surface area contributed by atoms with Gasteiger partial charge in [0.05, 0.1) is 5.69 Å². The summed E-state index contributed by atoms with van der Waals surface area (Å²) in [6.45, 7) is 4.29. The molecule has 0 spiro atoms. The zero-order valence-corrected chi connectivity index (χ0v) is 13.6. The van der Waals surface area contributed by atoms with E-state index in [2.05, 4.69) is 38.5 Å². The van der Waals surface area contributed by atoms with Gasteiger partial charge in [0.15, 0.2) is 0 Å². The highest BCUT2D eigenvalue weighted by molar-refractivity contribution is 9.10. The number of nitrogens with one attached hydrogen (secondary N) is 2. The Morgan fingerprint density at radius 2 is 2.14 bits per heavy atom. The SMILES string of the molecule is CC(=O)Nc1cccc(C(C)NCc2ccc(Br)cn2)c1. The smallest absolute Gasteiger partial charge is 0.221 e. The number of hydrogen-bond acceptors (Lipinski definition) is 3. The van der Waals surface area contributed by atoms with Crippen molar-refractivity contribution in [3.8, 4) is 0 Å². The molecule has 0 bridgehead atoms. The van der Waals surface area contributed by atoms with Crippen molar-refractivity contribution in [1.82, 2.24) is 10.3 Å². The molecule has 1 aromatic heterocycles. The Kier molecular flexibility index (Phi) is 5.47. The van der Waals surface area contributed by atoms with Gasteiger partial charge in [-0.2, -0.15) is 0 Å². The molecule has 0 aliphatic rings. The molecule has 0 saturated carbocycles. The Hall–Kier alpha value is -1.72. The van der Waals surface area contributed by atoms with Crippen LogP contribution in [0.2, 0.25) is 0 Å². The second-order valence-electron chi connectivity index (χ2n) is 4.88. The number of benzene rings is 1. The third-order valence-electron chi connectivity index (χ3n) is 3.09. The number of rotatable bonds is 5. The summed E-state index contributed by atoms with van der Waals surface area (Å²) < 4.78 is 0.974. The fraction of sp³-hybridized carbons (Fsp3) is 0.250. The van der Waals surface area contributed by atoms with Crippen molar-refractivity contribution < 1.29 is 4.79 Å². The Balaban J connectivity index is 1.98. The van der Waals surface area contributed by atoms with Gasteiger partial charge >= 0.3 is 0 Å². The largest absolute Gasteiger partial charge is 0.326 e. The standard InChI is InChI=1S/C16H18BrN3O/c1-11(18-10-16-7-6-14(17)9-19-16)13-4-3-5-15(8-13)20-12(2)21/h3-9,11,18H,10H2,1-2H3,(H,20,21). The molecule has 5 heteroatoms. The van der Waals surface area contributed by atoms with Crippen LogP contribution >= 0.6 is 15.9 Å². The summed E-state index contributed by atoms with van der Waals surface area (Å²) in [7, 11) is 0. The number of pyridine rings is 1. The zero-order chi connectivity index (χ0) is 15.2. The lowest BCUT2D eigenvalue weighted by Gasteiger charge is -2.15. The van der Waals surface area contributed by atoms with Gasteiger partial charge in [0.25, 0.3) is 0 Å². The number of nitrogens with zero attached hydrogens (tertiary/aromatic N) is 1. The molecule has 1 aromatic carbocycles. The van der Waals surface area contributed by atoms with Gasteiger partial charge in [0.1, 0.15) is 0 Å². The van der Waals surface area contributed by atoms with Crippen LogP contribution in [-0.4, -0.2) is 10.9 Å². The summed E-state index contributed by atoms with van der Waals surface area (Å²) in [4.78, 5) is 15.4. The monoisotopic (exact) mass is 347 g/mol. The Labute approximate surface area is 133 Å². The Morgan fingerprint density at radius 1 is 1.33 bits per heavy atom. The molecule has 0 aliphatic carbocycles. The molecule has 0 aliphatic heterocycles. The van der Waals surface area contributed by atoms with Crippen LogP contribution in [0.25, 0.3) is 0 Å². The lowest BCUT2D eigenvalue weighted by molar-refractivity contribution is -0.114. The van der Waals surface area contributed by atoms with Gasteiger partial charge in [-0.1, -0.05) is 12.1 Å². The number of hydrogen-bond donors (Lipinski definition) is 2. The number of carbonyl (C=O) groups excluding carboxylic acids is 1. The summed E-state index contributed by atoms with van der Waals surface area (Å²) in [6.07, 6.45) is 1.79. The highest BCUT2D eigenvalue weighted by Crippen LogP contribution is 2.18. The maximum atomic E-state index is 11.1. The zero-order valence-electron chi connectivity index (χ0n) is 12.1. The molecular formula is C16H18BrN3O. The molecule has 1 heterocycles. The van der Waals surface area contributed by atoms with E-state index in [4.69, 9.17) is 0 Å². The van der Waals surface area contributed by atoms with Crippen molar-refractivity contribution >= 4 is 27.5 Å². The Bertz CT molecular complexity index is 613. The third-order valence-corrected chi connectivity index (χ3v) is 3.55. The first kappa shape index (κ1) is 15.7. The van der Waals surface area contributed by atoms with E-state index in [0.29, 0.717) is 6.54 Å². The van der Waals surface area contributed by atoms with E-state index in [1.807, 2.05) is 36.4 Å². The van der Waals surface area contributed by atoms with Crippen LogP contribution in [0.5, 0.6) is 0 Å². The number of amides is 1. The van der Waals surface area contributed by atoms with Crippen LogP contribution in [0.15, 0.2) is 47.1 Å². The maximum Gasteiger partial charge on any atom is 0.221 e. The molecule has 21 heavy (non-hydrogen) atoms. The van der Waals surface area contributed by atoms with E-state index in [-0.39, 0.29) is 11.9 Å². The fourth-order valence-corrected chi connectivity index (χ4v) is 2.21. The average molecular weight is 348 g/mol. The predicted molar refractivity (Wildman–Crippen MR) is 87.9 cm³/mol. The van der Waals surface area contributed by atoms with Gasteiger partial charge in [-0.15, -0.1) is 0 Å². The van der Waals surface area contributed by atoms with E-state index >= 15 is 0 Å². The van der Waals surface area contributed by atoms with E-state index in [0.717, 1.165) is 21.4 Å². The second-order valence-corrected chi connectivity index (χ2v) is 5.79. The molecular weight excluding hydrogens is 330 g/mol. The van der Waals surface area contributed by atoms with E-state index in [9.17, 15) is 4.79 Å². The highest BCUT2D eigenvalue weighted by Gasteiger charge is 2.06. The van der Waals surface area contributed by atoms with Crippen molar-refractivity contribution in [3.63, 3.8) is 0 Å². The second kappa shape index (κ2) is 7.33. The molecule has 2 rings (SSSR count). The minimum absolute atomic E-state index is 0.0631. The molecule has 1 unspecified atom stereocenters. The summed E-state index contributed by atoms with van der Waals surface area (Å²) in [6, 6.07) is 12.0. The molecule has 0 radical (unpaired) electrons. The van der Waals surface area contributed by atoms with Gasteiger partial charge < -0.3 is 10.6 Å². The van der Waals surface area contributed by atoms with E-state index in [1.54, 1.807) is 6.20 Å². The fourth-order valence-electron chi connectivity index (χ4n) is 1.98. The van der Waals surface area contributed by atoms with Crippen molar-refractivity contribution in [3.05, 3.63) is 58.3 Å². The van der Waals surface area contributed by atoms with Crippen molar-refractivity contribution in [1.29, 1.82) is 0 Å². The minimum atomic E-state index is -0.0631. The summed E-state index contributed by atoms with van der Waals surface area (Å²) >= 11 is 3.37. The van der Waals surface area contributed by atoms with Gasteiger partial charge in [-0.3, -0.25) is 9.78 Å². The minimum Gasteiger partial charge on any atom is -0.326 e. The molecule has 4 nitrogen and oxygen atoms in total. The molecule has 2 N–H and O–H groups in total. The summed E-state index contributed by atoms with van der Waals surface area (Å²) in [5.41, 5.74) is 2.93. The normalized spacial score (nSPS) is 12.0. The van der Waals surface area contributed by atoms with Crippen LogP contribution in [0.3, 0.4) is 0 Å². The first-order valence-corrected chi connectivity index (χ1v) is 7.55. The first-order chi connectivity index (χ1) is 10.0. The average Bonchev–Trinajstić information content (AvgIpc) is 2.46. The first-order valence-electron chi connectivity index (χ1n) is 6.76. The molecule has 1 amide bonds. The van der Waals surface area contributed by atoms with Gasteiger partial charge in [0.2, 0.25) is 5.91 Å². The summed E-state index contributed by atoms with van der Waals surface area (Å²) in [5, 5.41) is 6.22. The topological polar surface area (TPSA) is 54.0 Å². The molecule has 0 fully saturated rings. The van der Waals surface area contributed by atoms with E-state index < -0.39 is 0 Å². The molecule has 2 aromatic rings. The number of aromatic nitrogens is 1. The lowest BCUT2D eigenvalue weighted by atomic mass is 10.1. The molecule has 0 saturated heterocycles. The van der Waals surface area contributed by atoms with E-state index in [1.165, 1.54) is 6.92 Å². The van der Waals surface area contributed by atoms with Crippen LogP contribution < -0.4 is 10.6 Å². The van der Waals surface area contributed by atoms with Crippen molar-refractivity contribution in [2.24, 2.45) is 0 Å². The molecule has 110 valence electrons. The van der Waals surface area contributed by atoms with Gasteiger partial charge in [-0.05, 0) is 52.7 Å². The number of anilines is 1. The summed E-state index contributed by atoms with van der Waals surface area (Å²) in [5.74, 6) is -0.0631. The van der Waals surface area contributed by atoms with Gasteiger partial charge in [-0.25, -0.2) is 0 Å². The number of halogens is 1. The van der Waals surface area contributed by atoms with Crippen LogP contribution in [-0.2, 0) is 11.3 Å².